The van der Waals surface area contributed by atoms with E-state index in [1.807, 2.05) is 0 Å². The maximum absolute atomic E-state index is 11.1. The Labute approximate surface area is 91.9 Å². The van der Waals surface area contributed by atoms with Gasteiger partial charge < -0.3 is 9.29 Å². The quantitative estimate of drug-likeness (QED) is 0.497. The lowest BCUT2D eigenvalue weighted by Crippen LogP contribution is -2.37. The summed E-state index contributed by atoms with van der Waals surface area (Å²) in [6, 6.07) is 0. The SMILES string of the molecule is O=S([O-])C1CC2CC1C1C[C@@H]3OC3CC21. The second-order valence-electron chi connectivity index (χ2n) is 5.71. The average Bonchev–Trinajstić information content (AvgIpc) is 2.69. The summed E-state index contributed by atoms with van der Waals surface area (Å²) in [5.41, 5.74) is 0. The molecule has 4 fully saturated rings. The molecule has 0 aromatic rings. The van der Waals surface area contributed by atoms with Crippen LogP contribution in [0, 0.1) is 23.7 Å². The molecule has 4 heteroatoms. The smallest absolute Gasteiger partial charge is 0.0844 e. The second-order valence-corrected chi connectivity index (χ2v) is 6.83. The molecule has 8 atom stereocenters. The van der Waals surface area contributed by atoms with Crippen molar-refractivity contribution < 1.29 is 13.5 Å². The molecule has 2 bridgehead atoms. The predicted molar refractivity (Wildman–Crippen MR) is 53.8 cm³/mol. The van der Waals surface area contributed by atoms with Crippen LogP contribution in [-0.2, 0) is 15.8 Å². The minimum atomic E-state index is -1.84. The number of hydrogen-bond donors (Lipinski definition) is 0. The molecule has 1 aliphatic heterocycles. The lowest BCUT2D eigenvalue weighted by Gasteiger charge is -2.38. The molecule has 0 N–H and O–H groups in total. The highest BCUT2D eigenvalue weighted by Gasteiger charge is 2.60. The van der Waals surface area contributed by atoms with Crippen molar-refractivity contribution in [2.75, 3.05) is 0 Å². The summed E-state index contributed by atoms with van der Waals surface area (Å²) >= 11 is -1.84. The van der Waals surface area contributed by atoms with Crippen molar-refractivity contribution >= 4 is 11.1 Å². The highest BCUT2D eigenvalue weighted by Crippen LogP contribution is 2.61. The van der Waals surface area contributed by atoms with Gasteiger partial charge in [-0.05, 0) is 49.4 Å². The van der Waals surface area contributed by atoms with Gasteiger partial charge in [0.25, 0.3) is 0 Å². The molecule has 84 valence electrons. The van der Waals surface area contributed by atoms with Crippen LogP contribution in [0.4, 0.5) is 0 Å². The second kappa shape index (κ2) is 2.84. The molecule has 3 nitrogen and oxygen atoms in total. The van der Waals surface area contributed by atoms with Gasteiger partial charge in [-0.1, -0.05) is 11.1 Å². The van der Waals surface area contributed by atoms with Gasteiger partial charge >= 0.3 is 0 Å². The van der Waals surface area contributed by atoms with E-state index < -0.39 is 11.1 Å². The number of fused-ring (bicyclic) bond motifs is 6. The lowest BCUT2D eigenvalue weighted by atomic mass is 9.71. The number of hydrogen-bond acceptors (Lipinski definition) is 3. The zero-order valence-electron chi connectivity index (χ0n) is 8.50. The van der Waals surface area contributed by atoms with Crippen LogP contribution in [0.15, 0.2) is 0 Å². The summed E-state index contributed by atoms with van der Waals surface area (Å²) in [4.78, 5) is 0. The molecule has 0 spiro atoms. The van der Waals surface area contributed by atoms with Crippen molar-refractivity contribution in [1.82, 2.24) is 0 Å². The number of ether oxygens (including phenoxy) is 1. The maximum Gasteiger partial charge on any atom is 0.0844 e. The minimum absolute atomic E-state index is 0.0356. The molecule has 3 saturated carbocycles. The van der Waals surface area contributed by atoms with Gasteiger partial charge in [0, 0.05) is 5.25 Å². The number of rotatable bonds is 1. The third-order valence-corrected chi connectivity index (χ3v) is 6.27. The Kier molecular flexibility index (Phi) is 1.73. The van der Waals surface area contributed by atoms with Crippen molar-refractivity contribution in [3.63, 3.8) is 0 Å². The van der Waals surface area contributed by atoms with Crippen molar-refractivity contribution in [3.8, 4) is 0 Å². The molecule has 3 aliphatic carbocycles. The minimum Gasteiger partial charge on any atom is -0.772 e. The zero-order chi connectivity index (χ0) is 10.2. The highest BCUT2D eigenvalue weighted by molar-refractivity contribution is 7.79. The Morgan fingerprint density at radius 2 is 1.73 bits per heavy atom. The molecule has 0 amide bonds. The van der Waals surface area contributed by atoms with Crippen LogP contribution in [0.1, 0.15) is 25.7 Å². The molecule has 0 aromatic carbocycles. The topological polar surface area (TPSA) is 52.7 Å². The van der Waals surface area contributed by atoms with E-state index in [0.29, 0.717) is 30.0 Å². The fraction of sp³-hybridized carbons (Fsp3) is 1.00. The first-order chi connectivity index (χ1) is 7.24. The first-order valence-corrected chi connectivity index (χ1v) is 7.11. The highest BCUT2D eigenvalue weighted by atomic mass is 32.2. The maximum atomic E-state index is 11.1. The fourth-order valence-electron chi connectivity index (χ4n) is 4.61. The summed E-state index contributed by atoms with van der Waals surface area (Å²) < 4.78 is 27.8. The monoisotopic (exact) mass is 227 g/mol. The van der Waals surface area contributed by atoms with Crippen LogP contribution in [0.3, 0.4) is 0 Å². The van der Waals surface area contributed by atoms with Crippen molar-refractivity contribution in [3.05, 3.63) is 0 Å². The molecule has 0 aromatic heterocycles. The largest absolute Gasteiger partial charge is 0.772 e. The molecule has 4 rings (SSSR count). The third-order valence-electron chi connectivity index (χ3n) is 5.24. The van der Waals surface area contributed by atoms with Crippen LogP contribution < -0.4 is 0 Å². The van der Waals surface area contributed by atoms with Crippen molar-refractivity contribution in [1.29, 1.82) is 0 Å². The van der Waals surface area contributed by atoms with Crippen LogP contribution in [-0.4, -0.2) is 26.2 Å². The van der Waals surface area contributed by atoms with Gasteiger partial charge in [-0.15, -0.1) is 0 Å². The van der Waals surface area contributed by atoms with E-state index in [2.05, 4.69) is 0 Å². The van der Waals surface area contributed by atoms with E-state index in [4.69, 9.17) is 4.74 Å². The Hall–Kier alpha value is 0.0700. The van der Waals surface area contributed by atoms with E-state index in [1.54, 1.807) is 0 Å². The molecule has 4 aliphatic rings. The van der Waals surface area contributed by atoms with Gasteiger partial charge in [0.15, 0.2) is 0 Å². The van der Waals surface area contributed by atoms with Gasteiger partial charge in [-0.3, -0.25) is 4.21 Å². The predicted octanol–water partition coefficient (Wildman–Crippen LogP) is 1.07. The van der Waals surface area contributed by atoms with E-state index in [0.717, 1.165) is 18.8 Å². The molecule has 1 heterocycles. The summed E-state index contributed by atoms with van der Waals surface area (Å²) in [5, 5.41) is -0.0356. The lowest BCUT2D eigenvalue weighted by molar-refractivity contribution is 0.177. The molecule has 0 radical (unpaired) electrons. The Morgan fingerprint density at radius 1 is 1.00 bits per heavy atom. The van der Waals surface area contributed by atoms with Crippen LogP contribution >= 0.6 is 0 Å². The fourth-order valence-corrected chi connectivity index (χ4v) is 5.61. The summed E-state index contributed by atoms with van der Waals surface area (Å²) in [6.45, 7) is 0. The molecule has 1 saturated heterocycles. The summed E-state index contributed by atoms with van der Waals surface area (Å²) in [6.07, 6.45) is 5.50. The van der Waals surface area contributed by atoms with Crippen molar-refractivity contribution in [2.45, 2.75) is 43.1 Å². The Bertz CT molecular complexity index is 332. The van der Waals surface area contributed by atoms with Gasteiger partial charge in [-0.25, -0.2) is 0 Å². The van der Waals surface area contributed by atoms with Crippen LogP contribution in [0.25, 0.3) is 0 Å². The van der Waals surface area contributed by atoms with Crippen LogP contribution in [0.2, 0.25) is 0 Å². The molecular formula is C11H15O3S-. The van der Waals surface area contributed by atoms with Gasteiger partial charge in [-0.2, -0.15) is 0 Å². The first-order valence-electron chi connectivity index (χ1n) is 5.97. The summed E-state index contributed by atoms with van der Waals surface area (Å²) in [5.74, 6) is 2.60. The van der Waals surface area contributed by atoms with E-state index in [-0.39, 0.29) is 5.25 Å². The normalized spacial score (nSPS) is 62.3. The number of epoxide rings is 1. The molecule has 15 heavy (non-hydrogen) atoms. The molecular weight excluding hydrogens is 212 g/mol. The van der Waals surface area contributed by atoms with Crippen LogP contribution in [0.5, 0.6) is 0 Å². The van der Waals surface area contributed by atoms with E-state index in [9.17, 15) is 8.76 Å². The average molecular weight is 227 g/mol. The van der Waals surface area contributed by atoms with Gasteiger partial charge in [0.2, 0.25) is 0 Å². The summed E-state index contributed by atoms with van der Waals surface area (Å²) in [7, 11) is 0. The zero-order valence-corrected chi connectivity index (χ0v) is 9.32. The Balaban J connectivity index is 1.61. The van der Waals surface area contributed by atoms with E-state index in [1.165, 1.54) is 12.8 Å². The van der Waals surface area contributed by atoms with Gasteiger partial charge in [0.1, 0.15) is 0 Å². The van der Waals surface area contributed by atoms with E-state index >= 15 is 0 Å². The first kappa shape index (κ1) is 9.14. The third kappa shape index (κ3) is 1.16. The van der Waals surface area contributed by atoms with Crippen molar-refractivity contribution in [2.24, 2.45) is 23.7 Å². The van der Waals surface area contributed by atoms with Gasteiger partial charge in [0.05, 0.1) is 12.2 Å². The molecule has 7 unspecified atom stereocenters. The Morgan fingerprint density at radius 3 is 2.47 bits per heavy atom. The standard InChI is InChI=1S/C11H16O3S/c12-15(13)11-2-5-1-8(11)7-4-10-9(14-10)3-6(5)7/h5-11H,1-4H2,(H,12,13)/p-1/t5?,6?,7?,8?,9?,10-,11?/m0/s1.